The number of rotatable bonds is 4. The molecule has 0 aromatic heterocycles. The molecule has 80 valence electrons. The van der Waals surface area contributed by atoms with Crippen molar-refractivity contribution >= 4 is 14.0 Å². The van der Waals surface area contributed by atoms with E-state index in [1.54, 1.807) is 0 Å². The molecule has 0 bridgehead atoms. The maximum atomic E-state index is 10.2. The normalized spacial score (nSPS) is 12.9. The Hall–Kier alpha value is -0.793. The van der Waals surface area contributed by atoms with Crippen LogP contribution in [0, 0.1) is 11.5 Å². The zero-order chi connectivity index (χ0) is 11.2. The van der Waals surface area contributed by atoms with Crippen LogP contribution in [0.2, 0.25) is 19.6 Å². The van der Waals surface area contributed by atoms with Gasteiger partial charge < -0.3 is 9.84 Å². The maximum absolute atomic E-state index is 10.2. The molecule has 0 aliphatic rings. The van der Waals surface area contributed by atoms with Gasteiger partial charge in [0.1, 0.15) is 14.7 Å². The Morgan fingerprint density at radius 2 is 2.07 bits per heavy atom. The van der Waals surface area contributed by atoms with Crippen LogP contribution in [-0.4, -0.2) is 31.9 Å². The Morgan fingerprint density at radius 3 is 2.50 bits per heavy atom. The van der Waals surface area contributed by atoms with Crippen LogP contribution in [0.1, 0.15) is 13.3 Å². The van der Waals surface area contributed by atoms with Crippen molar-refractivity contribution in [1.82, 2.24) is 0 Å². The fourth-order valence-corrected chi connectivity index (χ4v) is 1.36. The fraction of sp³-hybridized carbons (Fsp3) is 0.700. The van der Waals surface area contributed by atoms with E-state index in [4.69, 9.17) is 9.84 Å². The van der Waals surface area contributed by atoms with Crippen LogP contribution in [0.15, 0.2) is 0 Å². The van der Waals surface area contributed by atoms with Crippen molar-refractivity contribution in [3.05, 3.63) is 0 Å². The SMILES string of the molecule is C[C@H](CC#C[Si](C)(C)C)OCC(=O)O. The highest BCUT2D eigenvalue weighted by molar-refractivity contribution is 6.83. The zero-order valence-corrected chi connectivity index (χ0v) is 10.3. The summed E-state index contributed by atoms with van der Waals surface area (Å²) >= 11 is 0. The average molecular weight is 214 g/mol. The van der Waals surface area contributed by atoms with Gasteiger partial charge in [0.15, 0.2) is 0 Å². The summed E-state index contributed by atoms with van der Waals surface area (Å²) in [6, 6.07) is 0. The molecule has 1 N–H and O–H groups in total. The lowest BCUT2D eigenvalue weighted by molar-refractivity contribution is -0.143. The smallest absolute Gasteiger partial charge is 0.329 e. The van der Waals surface area contributed by atoms with Gasteiger partial charge >= 0.3 is 5.97 Å². The van der Waals surface area contributed by atoms with Crippen LogP contribution in [0.25, 0.3) is 0 Å². The molecule has 0 aromatic carbocycles. The molecule has 3 nitrogen and oxygen atoms in total. The second-order valence-corrected chi connectivity index (χ2v) is 9.02. The summed E-state index contributed by atoms with van der Waals surface area (Å²) in [5, 5.41) is 8.36. The fourth-order valence-electron chi connectivity index (χ4n) is 0.732. The van der Waals surface area contributed by atoms with E-state index in [1.165, 1.54) is 0 Å². The van der Waals surface area contributed by atoms with Crippen LogP contribution in [-0.2, 0) is 9.53 Å². The van der Waals surface area contributed by atoms with Gasteiger partial charge in [-0.05, 0) is 6.92 Å². The standard InChI is InChI=1S/C10H18O3Si/c1-9(13-8-10(11)12)6-5-7-14(2,3)4/h9H,6,8H2,1-4H3,(H,11,12)/t9-/m1/s1. The summed E-state index contributed by atoms with van der Waals surface area (Å²) in [6.45, 7) is 8.10. The summed E-state index contributed by atoms with van der Waals surface area (Å²) in [7, 11) is -1.30. The molecule has 0 rings (SSSR count). The number of carboxylic acids is 1. The number of carboxylic acid groups (broad SMARTS) is 1. The minimum atomic E-state index is -1.30. The quantitative estimate of drug-likeness (QED) is 0.573. The van der Waals surface area contributed by atoms with Crippen molar-refractivity contribution in [3.63, 3.8) is 0 Å². The Balaban J connectivity index is 3.77. The molecule has 0 saturated heterocycles. The van der Waals surface area contributed by atoms with Crippen molar-refractivity contribution in [3.8, 4) is 11.5 Å². The number of aliphatic carboxylic acids is 1. The monoisotopic (exact) mass is 214 g/mol. The first-order valence-electron chi connectivity index (χ1n) is 4.64. The van der Waals surface area contributed by atoms with E-state index in [2.05, 4.69) is 31.1 Å². The molecule has 4 heteroatoms. The summed E-state index contributed by atoms with van der Waals surface area (Å²) < 4.78 is 5.03. The van der Waals surface area contributed by atoms with Gasteiger partial charge in [-0.1, -0.05) is 19.6 Å². The van der Waals surface area contributed by atoms with Crippen LogP contribution < -0.4 is 0 Å². The molecule has 0 fully saturated rings. The minimum absolute atomic E-state index is 0.102. The summed E-state index contributed by atoms with van der Waals surface area (Å²) in [6.07, 6.45) is 0.507. The van der Waals surface area contributed by atoms with Gasteiger partial charge in [-0.25, -0.2) is 4.79 Å². The predicted octanol–water partition coefficient (Wildman–Crippen LogP) is 1.75. The van der Waals surface area contributed by atoms with Gasteiger partial charge in [0, 0.05) is 6.42 Å². The largest absolute Gasteiger partial charge is 0.480 e. The third kappa shape index (κ3) is 9.30. The topological polar surface area (TPSA) is 46.5 Å². The molecule has 0 heterocycles. The van der Waals surface area contributed by atoms with Crippen LogP contribution in [0.4, 0.5) is 0 Å². The van der Waals surface area contributed by atoms with Crippen LogP contribution in [0.5, 0.6) is 0 Å². The van der Waals surface area contributed by atoms with Crippen molar-refractivity contribution in [2.75, 3.05) is 6.61 Å². The Bertz CT molecular complexity index is 244. The predicted molar refractivity (Wildman–Crippen MR) is 58.8 cm³/mol. The lowest BCUT2D eigenvalue weighted by Crippen LogP contribution is -2.17. The first kappa shape index (κ1) is 13.2. The molecule has 0 spiro atoms. The third-order valence-corrected chi connectivity index (χ3v) is 2.27. The second-order valence-electron chi connectivity index (χ2n) is 4.27. The summed E-state index contributed by atoms with van der Waals surface area (Å²) in [5.41, 5.74) is 3.20. The molecule has 14 heavy (non-hydrogen) atoms. The first-order valence-corrected chi connectivity index (χ1v) is 8.14. The van der Waals surface area contributed by atoms with Gasteiger partial charge in [-0.15, -0.1) is 11.5 Å². The van der Waals surface area contributed by atoms with Crippen molar-refractivity contribution < 1.29 is 14.6 Å². The zero-order valence-electron chi connectivity index (χ0n) is 9.26. The van der Waals surface area contributed by atoms with E-state index in [0.717, 1.165) is 0 Å². The molecule has 0 amide bonds. The van der Waals surface area contributed by atoms with E-state index in [9.17, 15) is 4.79 Å². The van der Waals surface area contributed by atoms with E-state index >= 15 is 0 Å². The third-order valence-electron chi connectivity index (χ3n) is 1.34. The van der Waals surface area contributed by atoms with Crippen LogP contribution >= 0.6 is 0 Å². The second kappa shape index (κ2) is 5.84. The summed E-state index contributed by atoms with van der Waals surface area (Å²) in [5.74, 6) is 2.11. The number of carbonyl (C=O) groups is 1. The van der Waals surface area contributed by atoms with Gasteiger partial charge in [-0.2, -0.15) is 0 Å². The molecule has 1 atom stereocenters. The number of ether oxygens (including phenoxy) is 1. The molecular formula is C10H18O3Si. The highest BCUT2D eigenvalue weighted by Gasteiger charge is 2.08. The Morgan fingerprint density at radius 1 is 1.50 bits per heavy atom. The molecule has 0 unspecified atom stereocenters. The first-order chi connectivity index (χ1) is 6.31. The highest BCUT2D eigenvalue weighted by Crippen LogP contribution is 1.99. The molecule has 0 saturated carbocycles. The van der Waals surface area contributed by atoms with Crippen molar-refractivity contribution in [2.24, 2.45) is 0 Å². The lowest BCUT2D eigenvalue weighted by Gasteiger charge is -2.08. The molecule has 0 aliphatic heterocycles. The molecule has 0 aromatic rings. The Kier molecular flexibility index (Phi) is 5.51. The molecule has 0 radical (unpaired) electrons. The van der Waals surface area contributed by atoms with Gasteiger partial charge in [0.05, 0.1) is 6.10 Å². The minimum Gasteiger partial charge on any atom is -0.480 e. The van der Waals surface area contributed by atoms with Crippen LogP contribution in [0.3, 0.4) is 0 Å². The van der Waals surface area contributed by atoms with Gasteiger partial charge in [-0.3, -0.25) is 0 Å². The van der Waals surface area contributed by atoms with Crippen molar-refractivity contribution in [2.45, 2.75) is 39.1 Å². The lowest BCUT2D eigenvalue weighted by atomic mass is 10.3. The Labute approximate surface area is 86.5 Å². The number of hydrogen-bond acceptors (Lipinski definition) is 2. The van der Waals surface area contributed by atoms with E-state index in [0.29, 0.717) is 6.42 Å². The highest BCUT2D eigenvalue weighted by atomic mass is 28.3. The average Bonchev–Trinajstić information content (AvgIpc) is 1.98. The van der Waals surface area contributed by atoms with E-state index in [1.807, 2.05) is 6.92 Å². The van der Waals surface area contributed by atoms with Crippen molar-refractivity contribution in [1.29, 1.82) is 0 Å². The maximum Gasteiger partial charge on any atom is 0.329 e. The molecule has 0 aliphatic carbocycles. The van der Waals surface area contributed by atoms with E-state index < -0.39 is 14.0 Å². The van der Waals surface area contributed by atoms with Gasteiger partial charge in [0.25, 0.3) is 0 Å². The summed E-state index contributed by atoms with van der Waals surface area (Å²) in [4.78, 5) is 10.2. The van der Waals surface area contributed by atoms with Gasteiger partial charge in [0.2, 0.25) is 0 Å². The van der Waals surface area contributed by atoms with E-state index in [-0.39, 0.29) is 12.7 Å². The molecular weight excluding hydrogens is 196 g/mol. The number of hydrogen-bond donors (Lipinski definition) is 1.